The highest BCUT2D eigenvalue weighted by atomic mass is 35.5. The van der Waals surface area contributed by atoms with Crippen LogP contribution >= 0.6 is 11.6 Å². The molecule has 57 heavy (non-hydrogen) atoms. The van der Waals surface area contributed by atoms with Crippen LogP contribution in [0.4, 0.5) is 17.1 Å². The number of ether oxygens (including phenoxy) is 2. The van der Waals surface area contributed by atoms with Crippen LogP contribution in [0, 0.1) is 0 Å². The zero-order chi connectivity index (χ0) is 40.7. The molecule has 1 aliphatic carbocycles. The van der Waals surface area contributed by atoms with E-state index in [2.05, 4.69) is 36.4 Å². The molecule has 4 amide bonds. The highest BCUT2D eigenvalue weighted by molar-refractivity contribution is 6.40. The zero-order valence-corrected chi connectivity index (χ0v) is 33.0. The van der Waals surface area contributed by atoms with Crippen LogP contribution in [0.5, 0.6) is 0 Å². The minimum Gasteiger partial charge on any atom is -0.456 e. The van der Waals surface area contributed by atoms with E-state index in [0.29, 0.717) is 41.6 Å². The second-order valence-corrected chi connectivity index (χ2v) is 15.5. The molecular formula is C40H46ClN9O7. The molecule has 17 heteroatoms. The standard InChI is InChI=1S/C40H46ClN9O7/c1-40(2,3)57-39(55)26-7-10-28(11-8-26)43-36(52)33(45-38(54)37(53)44-32-22-27(41)9-18-34(32)50-24-42-46-47-50)21-25-5-12-30(13-6-25)49-20-19-48(23-35(49)51)29-14-16-31(56-4)17-15-29/h5-13,18,22,24,29,31,33H,14-17,19-21,23H2,1-4H3,(H,43,52)(H,44,53)(H,45,54). The number of hydrogen-bond acceptors (Lipinski definition) is 11. The molecule has 3 aromatic carbocycles. The van der Waals surface area contributed by atoms with E-state index in [0.717, 1.165) is 37.9 Å². The van der Waals surface area contributed by atoms with E-state index in [1.807, 2.05) is 12.1 Å². The molecule has 0 radical (unpaired) electrons. The van der Waals surface area contributed by atoms with Gasteiger partial charge in [-0.3, -0.25) is 24.1 Å². The summed E-state index contributed by atoms with van der Waals surface area (Å²) in [6.45, 7) is 6.94. The number of hydrogen-bond donors (Lipinski definition) is 3. The SMILES string of the molecule is COC1CCC(N2CCN(c3ccc(CC(NC(=O)C(=O)Nc4cc(Cl)ccc4-n4cnnn4)C(=O)Nc4ccc(C(=O)OC(C)(C)C)cc4)cc3)C(=O)C2)CC1. The molecule has 1 aromatic heterocycles. The molecule has 2 heterocycles. The van der Waals surface area contributed by atoms with E-state index < -0.39 is 35.3 Å². The first-order valence-corrected chi connectivity index (χ1v) is 19.1. The molecule has 6 rings (SSSR count). The van der Waals surface area contributed by atoms with Gasteiger partial charge in [0.1, 0.15) is 18.0 Å². The molecule has 1 unspecified atom stereocenters. The fourth-order valence-electron chi connectivity index (χ4n) is 6.92. The van der Waals surface area contributed by atoms with Crippen molar-refractivity contribution in [1.29, 1.82) is 0 Å². The molecule has 300 valence electrons. The van der Waals surface area contributed by atoms with Crippen LogP contribution in [0.25, 0.3) is 5.69 Å². The van der Waals surface area contributed by atoms with Gasteiger partial charge in [0, 0.05) is 49.1 Å². The van der Waals surface area contributed by atoms with Crippen LogP contribution in [0.15, 0.2) is 73.1 Å². The highest BCUT2D eigenvalue weighted by Crippen LogP contribution is 2.28. The largest absolute Gasteiger partial charge is 0.456 e. The third-order valence-corrected chi connectivity index (χ3v) is 10.1. The van der Waals surface area contributed by atoms with Gasteiger partial charge < -0.3 is 30.3 Å². The third kappa shape index (κ3) is 10.8. The first-order chi connectivity index (χ1) is 27.3. The Bertz CT molecular complexity index is 2060. The van der Waals surface area contributed by atoms with Crippen molar-refractivity contribution < 1.29 is 33.4 Å². The first kappa shape index (κ1) is 40.9. The van der Waals surface area contributed by atoms with Gasteiger partial charge in [-0.1, -0.05) is 23.7 Å². The number of anilines is 3. The lowest BCUT2D eigenvalue weighted by Gasteiger charge is -2.41. The Hall–Kier alpha value is -5.71. The summed E-state index contributed by atoms with van der Waals surface area (Å²) in [7, 11) is 1.75. The summed E-state index contributed by atoms with van der Waals surface area (Å²) in [6.07, 6.45) is 5.60. The topological polar surface area (TPSA) is 190 Å². The fraction of sp³-hybridized carbons (Fsp3) is 0.400. The molecule has 1 atom stereocenters. The molecule has 2 aliphatic rings. The van der Waals surface area contributed by atoms with Gasteiger partial charge in [-0.25, -0.2) is 4.79 Å². The summed E-state index contributed by atoms with van der Waals surface area (Å²) in [5.74, 6) is -3.27. The molecule has 4 aromatic rings. The van der Waals surface area contributed by atoms with Crippen molar-refractivity contribution in [3.63, 3.8) is 0 Å². The molecule has 1 saturated heterocycles. The molecule has 0 spiro atoms. The quantitative estimate of drug-likeness (QED) is 0.146. The summed E-state index contributed by atoms with van der Waals surface area (Å²) in [5, 5.41) is 19.2. The van der Waals surface area contributed by atoms with Gasteiger partial charge in [0.2, 0.25) is 11.8 Å². The Morgan fingerprint density at radius 2 is 1.63 bits per heavy atom. The number of aromatic nitrogens is 4. The number of rotatable bonds is 11. The maximum absolute atomic E-state index is 13.8. The van der Waals surface area contributed by atoms with Crippen LogP contribution in [0.2, 0.25) is 5.02 Å². The summed E-state index contributed by atoms with van der Waals surface area (Å²) in [6, 6.07) is 17.0. The minimum atomic E-state index is -1.23. The van der Waals surface area contributed by atoms with Crippen molar-refractivity contribution in [2.24, 2.45) is 0 Å². The lowest BCUT2D eigenvalue weighted by molar-refractivity contribution is -0.137. The van der Waals surface area contributed by atoms with E-state index in [1.165, 1.54) is 29.2 Å². The normalized spacial score (nSPS) is 18.1. The summed E-state index contributed by atoms with van der Waals surface area (Å²) in [5.41, 5.74) is 1.85. The van der Waals surface area contributed by atoms with Crippen LogP contribution in [0.1, 0.15) is 62.4 Å². The molecule has 16 nitrogen and oxygen atoms in total. The van der Waals surface area contributed by atoms with Gasteiger partial charge in [0.05, 0.1) is 29.6 Å². The van der Waals surface area contributed by atoms with E-state index >= 15 is 0 Å². The molecule has 3 N–H and O–H groups in total. The van der Waals surface area contributed by atoms with E-state index in [4.69, 9.17) is 21.1 Å². The number of carbonyl (C=O) groups excluding carboxylic acids is 5. The average Bonchev–Trinajstić information content (AvgIpc) is 3.73. The van der Waals surface area contributed by atoms with Gasteiger partial charge in [-0.15, -0.1) is 5.10 Å². The maximum atomic E-state index is 13.8. The Balaban J connectivity index is 1.15. The van der Waals surface area contributed by atoms with Crippen LogP contribution in [-0.4, -0.2) is 105 Å². The van der Waals surface area contributed by atoms with Gasteiger partial charge in [-0.2, -0.15) is 4.68 Å². The third-order valence-electron chi connectivity index (χ3n) is 9.85. The second-order valence-electron chi connectivity index (χ2n) is 15.0. The van der Waals surface area contributed by atoms with Gasteiger partial charge in [0.25, 0.3) is 0 Å². The van der Waals surface area contributed by atoms with E-state index in [1.54, 1.807) is 69.2 Å². The second kappa shape index (κ2) is 18.0. The van der Waals surface area contributed by atoms with Crippen LogP contribution < -0.4 is 20.9 Å². The van der Waals surface area contributed by atoms with Crippen molar-refractivity contribution in [2.75, 3.05) is 42.3 Å². The Labute approximate surface area is 335 Å². The Morgan fingerprint density at radius 3 is 2.26 bits per heavy atom. The van der Waals surface area contributed by atoms with E-state index in [9.17, 15) is 24.0 Å². The van der Waals surface area contributed by atoms with Gasteiger partial charge >= 0.3 is 17.8 Å². The summed E-state index contributed by atoms with van der Waals surface area (Å²) < 4.78 is 12.2. The number of piperazine rings is 1. The lowest BCUT2D eigenvalue weighted by atomic mass is 9.91. The molecule has 1 saturated carbocycles. The number of carbonyl (C=O) groups is 5. The van der Waals surface area contributed by atoms with Crippen molar-refractivity contribution in [3.8, 4) is 5.69 Å². The number of amides is 4. The molecule has 1 aliphatic heterocycles. The number of nitrogens with one attached hydrogen (secondary N) is 3. The maximum Gasteiger partial charge on any atom is 0.338 e. The number of benzene rings is 3. The van der Waals surface area contributed by atoms with Crippen molar-refractivity contribution in [3.05, 3.63) is 89.2 Å². The minimum absolute atomic E-state index is 0.0000389. The monoisotopic (exact) mass is 799 g/mol. The molecule has 0 bridgehead atoms. The molecular weight excluding hydrogens is 754 g/mol. The van der Waals surface area contributed by atoms with Gasteiger partial charge in [0.15, 0.2) is 0 Å². The first-order valence-electron chi connectivity index (χ1n) is 18.7. The van der Waals surface area contributed by atoms with Crippen molar-refractivity contribution in [2.45, 2.75) is 76.7 Å². The smallest absolute Gasteiger partial charge is 0.338 e. The van der Waals surface area contributed by atoms with Crippen LogP contribution in [-0.2, 0) is 35.1 Å². The number of methoxy groups -OCH3 is 1. The predicted molar refractivity (Wildman–Crippen MR) is 212 cm³/mol. The number of nitrogens with zero attached hydrogens (tertiary/aromatic N) is 6. The number of esters is 1. The lowest BCUT2D eigenvalue weighted by Crippen LogP contribution is -2.54. The number of halogens is 1. The Kier molecular flexibility index (Phi) is 13.0. The van der Waals surface area contributed by atoms with Crippen molar-refractivity contribution in [1.82, 2.24) is 30.4 Å². The van der Waals surface area contributed by atoms with Crippen LogP contribution in [0.3, 0.4) is 0 Å². The zero-order valence-electron chi connectivity index (χ0n) is 32.2. The average molecular weight is 800 g/mol. The van der Waals surface area contributed by atoms with Crippen molar-refractivity contribution >= 4 is 58.3 Å². The molecule has 2 fully saturated rings. The number of tetrazole rings is 1. The fourth-order valence-corrected chi connectivity index (χ4v) is 7.09. The summed E-state index contributed by atoms with van der Waals surface area (Å²) >= 11 is 6.19. The van der Waals surface area contributed by atoms with Gasteiger partial charge in [-0.05, 0) is 117 Å². The highest BCUT2D eigenvalue weighted by Gasteiger charge is 2.32. The summed E-state index contributed by atoms with van der Waals surface area (Å²) in [4.78, 5) is 70.3. The Morgan fingerprint density at radius 1 is 0.912 bits per heavy atom. The predicted octanol–water partition coefficient (Wildman–Crippen LogP) is 4.18. The van der Waals surface area contributed by atoms with E-state index in [-0.39, 0.29) is 29.1 Å².